The zero-order valence-corrected chi connectivity index (χ0v) is 13.4. The molecule has 0 spiro atoms. The van der Waals surface area contributed by atoms with E-state index in [1.54, 1.807) is 18.2 Å². The molecule has 1 aliphatic rings. The van der Waals surface area contributed by atoms with E-state index in [2.05, 4.69) is 0 Å². The van der Waals surface area contributed by atoms with Crippen LogP contribution in [0.2, 0.25) is 0 Å². The number of ether oxygens (including phenoxy) is 2. The summed E-state index contributed by atoms with van der Waals surface area (Å²) in [5.41, 5.74) is 1.12. The van der Waals surface area contributed by atoms with Crippen molar-refractivity contribution in [1.82, 2.24) is 0 Å². The average molecular weight is 332 g/mol. The molecular formula is C21H16O4. The fourth-order valence-corrected chi connectivity index (χ4v) is 2.88. The fraction of sp³-hybridized carbons (Fsp3) is 0.0952. The van der Waals surface area contributed by atoms with Crippen LogP contribution in [0.4, 0.5) is 0 Å². The van der Waals surface area contributed by atoms with E-state index in [4.69, 9.17) is 9.47 Å². The number of phenols is 1. The van der Waals surface area contributed by atoms with Gasteiger partial charge in [-0.2, -0.15) is 0 Å². The van der Waals surface area contributed by atoms with Crippen molar-refractivity contribution < 1.29 is 19.4 Å². The largest absolute Gasteiger partial charge is 0.507 e. The van der Waals surface area contributed by atoms with Gasteiger partial charge in [-0.15, -0.1) is 0 Å². The summed E-state index contributed by atoms with van der Waals surface area (Å²) in [6.07, 6.45) is 3.16. The van der Waals surface area contributed by atoms with Gasteiger partial charge in [-0.1, -0.05) is 42.5 Å². The molecule has 0 aromatic heterocycles. The monoisotopic (exact) mass is 332 g/mol. The van der Waals surface area contributed by atoms with Crippen LogP contribution in [0.25, 0.3) is 16.8 Å². The van der Waals surface area contributed by atoms with Crippen LogP contribution in [0, 0.1) is 0 Å². The molecule has 4 nitrogen and oxygen atoms in total. The lowest BCUT2D eigenvalue weighted by Gasteiger charge is -2.18. The number of ketones is 1. The van der Waals surface area contributed by atoms with Gasteiger partial charge in [0.1, 0.15) is 19.0 Å². The summed E-state index contributed by atoms with van der Waals surface area (Å²) in [6.45, 7) is 1.06. The van der Waals surface area contributed by atoms with Crippen molar-refractivity contribution in [3.8, 4) is 17.2 Å². The Morgan fingerprint density at radius 3 is 2.64 bits per heavy atom. The third-order valence-electron chi connectivity index (χ3n) is 4.16. The molecule has 4 rings (SSSR count). The van der Waals surface area contributed by atoms with E-state index >= 15 is 0 Å². The number of rotatable bonds is 3. The van der Waals surface area contributed by atoms with Gasteiger partial charge in [0.25, 0.3) is 0 Å². The number of carbonyl (C=O) groups excluding carboxylic acids is 1. The van der Waals surface area contributed by atoms with Crippen molar-refractivity contribution in [2.24, 2.45) is 0 Å². The third-order valence-corrected chi connectivity index (χ3v) is 4.16. The predicted molar refractivity (Wildman–Crippen MR) is 96.4 cm³/mol. The lowest BCUT2D eigenvalue weighted by molar-refractivity contribution is 0.104. The molecule has 0 saturated carbocycles. The molecule has 3 aromatic carbocycles. The van der Waals surface area contributed by atoms with Gasteiger partial charge in [-0.25, -0.2) is 0 Å². The van der Waals surface area contributed by atoms with Gasteiger partial charge < -0.3 is 14.6 Å². The second-order valence-corrected chi connectivity index (χ2v) is 5.78. The van der Waals surface area contributed by atoms with Crippen LogP contribution in [0.3, 0.4) is 0 Å². The molecule has 1 heterocycles. The molecule has 0 atom stereocenters. The normalized spacial score (nSPS) is 13.3. The summed E-state index contributed by atoms with van der Waals surface area (Å²) >= 11 is 0. The molecule has 0 saturated heterocycles. The van der Waals surface area contributed by atoms with Crippen LogP contribution in [0.15, 0.2) is 60.7 Å². The van der Waals surface area contributed by atoms with Crippen molar-refractivity contribution in [3.63, 3.8) is 0 Å². The van der Waals surface area contributed by atoms with E-state index in [-0.39, 0.29) is 17.1 Å². The first-order chi connectivity index (χ1) is 12.2. The highest BCUT2D eigenvalue weighted by molar-refractivity contribution is 6.11. The maximum Gasteiger partial charge on any atom is 0.189 e. The minimum atomic E-state index is -0.252. The Morgan fingerprint density at radius 1 is 0.960 bits per heavy atom. The first-order valence-corrected chi connectivity index (χ1v) is 8.05. The Balaban J connectivity index is 1.61. The van der Waals surface area contributed by atoms with Crippen LogP contribution in [0.1, 0.15) is 15.9 Å². The van der Waals surface area contributed by atoms with Crippen molar-refractivity contribution in [2.75, 3.05) is 13.2 Å². The summed E-state index contributed by atoms with van der Waals surface area (Å²) < 4.78 is 11.0. The van der Waals surface area contributed by atoms with Gasteiger partial charge in [0.15, 0.2) is 17.3 Å². The van der Waals surface area contributed by atoms with Gasteiger partial charge >= 0.3 is 0 Å². The van der Waals surface area contributed by atoms with E-state index < -0.39 is 0 Å². The molecule has 0 aliphatic carbocycles. The first-order valence-electron chi connectivity index (χ1n) is 8.05. The zero-order chi connectivity index (χ0) is 17.2. The predicted octanol–water partition coefficient (Wildman–Crippen LogP) is 4.21. The smallest absolute Gasteiger partial charge is 0.189 e. The molecule has 0 unspecified atom stereocenters. The Labute approximate surface area is 144 Å². The Bertz CT molecular complexity index is 988. The second-order valence-electron chi connectivity index (χ2n) is 5.78. The van der Waals surface area contributed by atoms with Gasteiger partial charge in [-0.05, 0) is 35.2 Å². The zero-order valence-electron chi connectivity index (χ0n) is 13.4. The van der Waals surface area contributed by atoms with Gasteiger partial charge in [0.05, 0.1) is 5.56 Å². The molecule has 25 heavy (non-hydrogen) atoms. The molecule has 1 N–H and O–H groups in total. The summed E-state index contributed by atoms with van der Waals surface area (Å²) in [4.78, 5) is 12.5. The Morgan fingerprint density at radius 2 is 1.76 bits per heavy atom. The molecule has 0 fully saturated rings. The van der Waals surface area contributed by atoms with E-state index in [0.29, 0.717) is 30.1 Å². The van der Waals surface area contributed by atoms with Crippen LogP contribution < -0.4 is 9.47 Å². The summed E-state index contributed by atoms with van der Waals surface area (Å²) in [5.74, 6) is 1.14. The number of carbonyl (C=O) groups is 1. The maximum atomic E-state index is 12.5. The van der Waals surface area contributed by atoms with E-state index in [1.807, 2.05) is 42.5 Å². The SMILES string of the molecule is O=C(C=Cc1ccc2c(c1)OCCO2)c1ccc2ccccc2c1O. The van der Waals surface area contributed by atoms with Crippen LogP contribution in [-0.4, -0.2) is 24.1 Å². The second kappa shape index (κ2) is 6.32. The topological polar surface area (TPSA) is 55.8 Å². The number of benzene rings is 3. The highest BCUT2D eigenvalue weighted by Crippen LogP contribution is 2.32. The van der Waals surface area contributed by atoms with E-state index in [0.717, 1.165) is 10.9 Å². The van der Waals surface area contributed by atoms with Gasteiger partial charge in [-0.3, -0.25) is 4.79 Å². The molecule has 3 aromatic rings. The lowest BCUT2D eigenvalue weighted by Crippen LogP contribution is -2.15. The summed E-state index contributed by atoms with van der Waals surface area (Å²) in [6, 6.07) is 16.4. The number of phenolic OH excluding ortho intramolecular Hbond substituents is 1. The molecule has 0 bridgehead atoms. The van der Waals surface area contributed by atoms with Crippen molar-refractivity contribution in [3.05, 3.63) is 71.8 Å². The van der Waals surface area contributed by atoms with Gasteiger partial charge in [0.2, 0.25) is 0 Å². The highest BCUT2D eigenvalue weighted by Gasteiger charge is 2.13. The third kappa shape index (κ3) is 2.94. The number of hydrogen-bond donors (Lipinski definition) is 1. The standard InChI is InChI=1S/C21H16O4/c22-18(17-8-7-15-3-1-2-4-16(15)21(17)23)9-5-14-6-10-19-20(13-14)25-12-11-24-19/h1-10,13,23H,11-12H2. The van der Waals surface area contributed by atoms with E-state index in [1.165, 1.54) is 6.08 Å². The van der Waals surface area contributed by atoms with Crippen molar-refractivity contribution in [1.29, 1.82) is 0 Å². The number of aromatic hydroxyl groups is 1. The molecular weight excluding hydrogens is 316 g/mol. The van der Waals surface area contributed by atoms with E-state index in [9.17, 15) is 9.90 Å². The molecule has 0 amide bonds. The van der Waals surface area contributed by atoms with Crippen LogP contribution >= 0.6 is 0 Å². The maximum absolute atomic E-state index is 12.5. The Hall–Kier alpha value is -3.27. The summed E-state index contributed by atoms with van der Waals surface area (Å²) in [7, 11) is 0. The summed E-state index contributed by atoms with van der Waals surface area (Å²) in [5, 5.41) is 11.9. The minimum Gasteiger partial charge on any atom is -0.507 e. The number of fused-ring (bicyclic) bond motifs is 2. The highest BCUT2D eigenvalue weighted by atomic mass is 16.6. The minimum absolute atomic E-state index is 0.00919. The number of allylic oxidation sites excluding steroid dienone is 1. The average Bonchev–Trinajstić information content (AvgIpc) is 2.66. The fourth-order valence-electron chi connectivity index (χ4n) is 2.88. The number of hydrogen-bond acceptors (Lipinski definition) is 4. The molecule has 0 radical (unpaired) electrons. The van der Waals surface area contributed by atoms with Crippen LogP contribution in [0.5, 0.6) is 17.2 Å². The first kappa shape index (κ1) is 15.3. The van der Waals surface area contributed by atoms with Crippen LogP contribution in [-0.2, 0) is 0 Å². The van der Waals surface area contributed by atoms with Crippen molar-refractivity contribution >= 4 is 22.6 Å². The van der Waals surface area contributed by atoms with Gasteiger partial charge in [0, 0.05) is 5.39 Å². The Kier molecular flexibility index (Phi) is 3.86. The molecule has 4 heteroatoms. The molecule has 124 valence electrons. The quantitative estimate of drug-likeness (QED) is 0.576. The van der Waals surface area contributed by atoms with Crippen molar-refractivity contribution in [2.45, 2.75) is 0 Å². The lowest BCUT2D eigenvalue weighted by atomic mass is 10.0. The molecule has 1 aliphatic heterocycles.